The molecule has 27 heavy (non-hydrogen) atoms. The first-order chi connectivity index (χ1) is 13.1. The van der Waals surface area contributed by atoms with Gasteiger partial charge in [-0.2, -0.15) is 5.10 Å². The zero-order valence-electron chi connectivity index (χ0n) is 15.8. The molecule has 0 saturated carbocycles. The van der Waals surface area contributed by atoms with Crippen LogP contribution in [-0.4, -0.2) is 22.3 Å². The number of benzene rings is 2. The molecule has 0 aliphatic heterocycles. The minimum Gasteiger partial charge on any atom is -0.494 e. The van der Waals surface area contributed by atoms with Crippen LogP contribution >= 0.6 is 0 Å². The fraction of sp³-hybridized carbons (Fsp3) is 0.182. The molecule has 3 rings (SSSR count). The molecule has 5 nitrogen and oxygen atoms in total. The molecule has 0 bridgehead atoms. The zero-order valence-corrected chi connectivity index (χ0v) is 15.8. The van der Waals surface area contributed by atoms with Crippen LogP contribution in [0.1, 0.15) is 23.9 Å². The lowest BCUT2D eigenvalue weighted by molar-refractivity contribution is -0.111. The molecule has 0 aliphatic carbocycles. The van der Waals surface area contributed by atoms with Crippen LogP contribution in [0.2, 0.25) is 0 Å². The number of para-hydroxylation sites is 1. The first-order valence-corrected chi connectivity index (χ1v) is 8.92. The number of nitrogens with one attached hydrogen (secondary N) is 1. The normalized spacial score (nSPS) is 10.9. The van der Waals surface area contributed by atoms with E-state index in [9.17, 15) is 4.79 Å². The van der Waals surface area contributed by atoms with E-state index in [0.717, 1.165) is 34.1 Å². The van der Waals surface area contributed by atoms with Crippen molar-refractivity contribution in [3.8, 4) is 11.4 Å². The summed E-state index contributed by atoms with van der Waals surface area (Å²) in [4.78, 5) is 12.2. The first kappa shape index (κ1) is 18.5. The number of amides is 1. The maximum Gasteiger partial charge on any atom is 0.248 e. The van der Waals surface area contributed by atoms with E-state index in [0.29, 0.717) is 6.61 Å². The molecule has 5 heteroatoms. The van der Waals surface area contributed by atoms with E-state index in [-0.39, 0.29) is 5.91 Å². The third-order valence-electron chi connectivity index (χ3n) is 4.18. The van der Waals surface area contributed by atoms with Gasteiger partial charge in [0.05, 0.1) is 18.0 Å². The number of nitrogens with zero attached hydrogens (tertiary/aromatic N) is 2. The van der Waals surface area contributed by atoms with Gasteiger partial charge in [-0.25, -0.2) is 4.68 Å². The first-order valence-electron chi connectivity index (χ1n) is 8.92. The Morgan fingerprint density at radius 3 is 2.48 bits per heavy atom. The van der Waals surface area contributed by atoms with E-state index in [1.54, 1.807) is 6.08 Å². The highest BCUT2D eigenvalue weighted by atomic mass is 16.5. The summed E-state index contributed by atoms with van der Waals surface area (Å²) in [5.41, 5.74) is 4.53. The quantitative estimate of drug-likeness (QED) is 0.656. The summed E-state index contributed by atoms with van der Waals surface area (Å²) in [5.74, 6) is 0.594. The molecule has 2 aromatic carbocycles. The van der Waals surface area contributed by atoms with Crippen molar-refractivity contribution in [1.29, 1.82) is 0 Å². The number of hydrogen-bond donors (Lipinski definition) is 1. The molecule has 0 spiro atoms. The topological polar surface area (TPSA) is 56.1 Å². The Morgan fingerprint density at radius 2 is 1.81 bits per heavy atom. The molecule has 3 aromatic rings. The highest BCUT2D eigenvalue weighted by Crippen LogP contribution is 2.19. The van der Waals surface area contributed by atoms with Crippen LogP contribution in [0.5, 0.6) is 5.75 Å². The van der Waals surface area contributed by atoms with E-state index in [2.05, 4.69) is 10.4 Å². The Bertz CT molecular complexity index is 942. The SMILES string of the molecule is CCOc1ccc(NC(=O)/C=C/c2c(C)nn(-c3ccccc3)c2C)cc1. The minimum absolute atomic E-state index is 0.189. The molecule has 1 aromatic heterocycles. The second-order valence-corrected chi connectivity index (χ2v) is 6.11. The van der Waals surface area contributed by atoms with Crippen LogP contribution in [0.25, 0.3) is 11.8 Å². The van der Waals surface area contributed by atoms with Crippen LogP contribution in [0.15, 0.2) is 60.7 Å². The van der Waals surface area contributed by atoms with E-state index >= 15 is 0 Å². The van der Waals surface area contributed by atoms with Crippen molar-refractivity contribution in [2.45, 2.75) is 20.8 Å². The molecule has 0 saturated heterocycles. The Morgan fingerprint density at radius 1 is 1.11 bits per heavy atom. The van der Waals surface area contributed by atoms with Crippen molar-refractivity contribution in [2.75, 3.05) is 11.9 Å². The Labute approximate surface area is 159 Å². The van der Waals surface area contributed by atoms with Gasteiger partial charge in [0.1, 0.15) is 5.75 Å². The summed E-state index contributed by atoms with van der Waals surface area (Å²) in [6.07, 6.45) is 3.34. The van der Waals surface area contributed by atoms with Crippen molar-refractivity contribution >= 4 is 17.7 Å². The lowest BCUT2D eigenvalue weighted by atomic mass is 10.2. The predicted octanol–water partition coefficient (Wildman–Crippen LogP) is 4.54. The number of aromatic nitrogens is 2. The Hall–Kier alpha value is -3.34. The number of aryl methyl sites for hydroxylation is 1. The maximum atomic E-state index is 12.2. The van der Waals surface area contributed by atoms with Crippen LogP contribution < -0.4 is 10.1 Å². The number of anilines is 1. The summed E-state index contributed by atoms with van der Waals surface area (Å²) in [5, 5.41) is 7.44. The van der Waals surface area contributed by atoms with Crippen molar-refractivity contribution in [3.05, 3.63) is 77.6 Å². The molecule has 1 heterocycles. The van der Waals surface area contributed by atoms with E-state index in [1.807, 2.05) is 80.1 Å². The Kier molecular flexibility index (Phi) is 5.71. The average Bonchev–Trinajstić information content (AvgIpc) is 2.96. The van der Waals surface area contributed by atoms with Gasteiger partial charge >= 0.3 is 0 Å². The number of carbonyl (C=O) groups is 1. The summed E-state index contributed by atoms with van der Waals surface area (Å²) < 4.78 is 7.29. The van der Waals surface area contributed by atoms with Gasteiger partial charge in [0.25, 0.3) is 0 Å². The molecule has 138 valence electrons. The van der Waals surface area contributed by atoms with Crippen LogP contribution in [-0.2, 0) is 4.79 Å². The molecular weight excluding hydrogens is 338 g/mol. The highest BCUT2D eigenvalue weighted by Gasteiger charge is 2.10. The van der Waals surface area contributed by atoms with Gasteiger partial charge in [-0.05, 0) is 63.2 Å². The number of rotatable bonds is 6. The fourth-order valence-corrected chi connectivity index (χ4v) is 2.86. The highest BCUT2D eigenvalue weighted by molar-refractivity contribution is 6.02. The fourth-order valence-electron chi connectivity index (χ4n) is 2.86. The molecule has 0 unspecified atom stereocenters. The second-order valence-electron chi connectivity index (χ2n) is 6.11. The van der Waals surface area contributed by atoms with Gasteiger partial charge in [-0.15, -0.1) is 0 Å². The average molecular weight is 361 g/mol. The zero-order chi connectivity index (χ0) is 19.2. The van der Waals surface area contributed by atoms with Gasteiger partial charge in [-0.3, -0.25) is 4.79 Å². The molecule has 0 fully saturated rings. The van der Waals surface area contributed by atoms with Gasteiger partial charge in [-0.1, -0.05) is 18.2 Å². The van der Waals surface area contributed by atoms with Gasteiger partial charge < -0.3 is 10.1 Å². The minimum atomic E-state index is -0.189. The van der Waals surface area contributed by atoms with Crippen molar-refractivity contribution in [1.82, 2.24) is 9.78 Å². The second kappa shape index (κ2) is 8.36. The van der Waals surface area contributed by atoms with E-state index < -0.39 is 0 Å². The largest absolute Gasteiger partial charge is 0.494 e. The number of hydrogen-bond acceptors (Lipinski definition) is 3. The predicted molar refractivity (Wildman–Crippen MR) is 108 cm³/mol. The molecule has 0 atom stereocenters. The monoisotopic (exact) mass is 361 g/mol. The van der Waals surface area contributed by atoms with Gasteiger partial charge in [0, 0.05) is 23.0 Å². The number of carbonyl (C=O) groups excluding carboxylic acids is 1. The molecule has 1 N–H and O–H groups in total. The van der Waals surface area contributed by atoms with Crippen LogP contribution in [0.3, 0.4) is 0 Å². The summed E-state index contributed by atoms with van der Waals surface area (Å²) in [6.45, 7) is 6.49. The lowest BCUT2D eigenvalue weighted by Gasteiger charge is -2.05. The van der Waals surface area contributed by atoms with Gasteiger partial charge in [0.2, 0.25) is 5.91 Å². The summed E-state index contributed by atoms with van der Waals surface area (Å²) in [7, 11) is 0. The maximum absolute atomic E-state index is 12.2. The summed E-state index contributed by atoms with van der Waals surface area (Å²) >= 11 is 0. The van der Waals surface area contributed by atoms with Crippen molar-refractivity contribution in [2.24, 2.45) is 0 Å². The van der Waals surface area contributed by atoms with Crippen LogP contribution in [0, 0.1) is 13.8 Å². The van der Waals surface area contributed by atoms with Crippen molar-refractivity contribution in [3.63, 3.8) is 0 Å². The van der Waals surface area contributed by atoms with Crippen molar-refractivity contribution < 1.29 is 9.53 Å². The van der Waals surface area contributed by atoms with E-state index in [1.165, 1.54) is 6.08 Å². The Balaban J connectivity index is 1.72. The third kappa shape index (κ3) is 4.44. The molecule has 0 radical (unpaired) electrons. The third-order valence-corrected chi connectivity index (χ3v) is 4.18. The lowest BCUT2D eigenvalue weighted by Crippen LogP contribution is -2.07. The van der Waals surface area contributed by atoms with Gasteiger partial charge in [0.15, 0.2) is 0 Å². The number of ether oxygens (including phenoxy) is 1. The molecule has 0 aliphatic rings. The summed E-state index contributed by atoms with van der Waals surface area (Å²) in [6, 6.07) is 17.2. The molecular formula is C22H23N3O2. The van der Waals surface area contributed by atoms with Crippen LogP contribution in [0.4, 0.5) is 5.69 Å². The van der Waals surface area contributed by atoms with E-state index in [4.69, 9.17) is 4.74 Å². The smallest absolute Gasteiger partial charge is 0.248 e. The molecule has 1 amide bonds. The standard InChI is InChI=1S/C22H23N3O2/c1-4-27-20-12-10-18(11-13-20)23-22(26)15-14-21-16(2)24-25(17(21)3)19-8-6-5-7-9-19/h5-15H,4H2,1-3H3,(H,23,26)/b15-14+.